The molecule has 0 aromatic heterocycles. The van der Waals surface area contributed by atoms with E-state index in [-0.39, 0.29) is 0 Å². The molecule has 0 fully saturated rings. The molecule has 0 radical (unpaired) electrons. The number of hydrogen-bond donors (Lipinski definition) is 0. The smallest absolute Gasteiger partial charge is 0.304 e. The topological polar surface area (TPSA) is 6.25 Å². The van der Waals surface area contributed by atoms with Gasteiger partial charge in [-0.2, -0.15) is 0 Å². The molecule has 1 heterocycles. The summed E-state index contributed by atoms with van der Waals surface area (Å²) in [4.78, 5) is 0. The third-order valence-electron chi connectivity index (χ3n) is 9.06. The van der Waals surface area contributed by atoms with Crippen molar-refractivity contribution in [3.8, 4) is 0 Å². The van der Waals surface area contributed by atoms with Gasteiger partial charge in [0.1, 0.15) is 0 Å². The largest absolute Gasteiger partial charge is 0.550 e. The lowest BCUT2D eigenvalue weighted by atomic mass is 9.95. The van der Waals surface area contributed by atoms with Crippen LogP contribution in [-0.2, 0) is 0 Å². The summed E-state index contributed by atoms with van der Waals surface area (Å²) in [6.07, 6.45) is 2.46. The Kier molecular flexibility index (Phi) is 6.28. The number of rotatable bonds is 4. The predicted molar refractivity (Wildman–Crippen MR) is 189 cm³/mol. The van der Waals surface area contributed by atoms with Crippen molar-refractivity contribution in [1.29, 1.82) is 0 Å². The summed E-state index contributed by atoms with van der Waals surface area (Å²) in [5, 5.41) is 7.74. The third-order valence-corrected chi connectivity index (χ3v) is 13.5. The second kappa shape index (κ2) is 10.5. The highest BCUT2D eigenvalue weighted by molar-refractivity contribution is 7.00. The Balaban J connectivity index is 1.65. The van der Waals surface area contributed by atoms with Gasteiger partial charge in [-0.1, -0.05) is 145 Å². The van der Waals surface area contributed by atoms with Crippen molar-refractivity contribution < 1.29 is 4.24 Å². The number of hydrogen-bond acceptors (Lipinski definition) is 1. The highest BCUT2D eigenvalue weighted by Gasteiger charge is 2.62. The first-order chi connectivity index (χ1) is 21.7. The Morgan fingerprint density at radius 2 is 0.909 bits per heavy atom. The van der Waals surface area contributed by atoms with Gasteiger partial charge in [0, 0.05) is 33.6 Å². The van der Waals surface area contributed by atoms with Gasteiger partial charge in [0.05, 0.1) is 11.3 Å². The Bertz CT molecular complexity index is 2130. The number of benzene rings is 7. The summed E-state index contributed by atoms with van der Waals surface area (Å²) in [6.45, 7) is 4.33. The zero-order valence-electron chi connectivity index (χ0n) is 25.0. The SMILES string of the molecule is Cc1ccc(N2c3c(c4ccccc4c4ccccc34)C=[N+](c3ccc(C)cc3)[Si]2(c2ccccc2)c2ccccc2)cc1. The Hall–Kier alpha value is -5.25. The van der Waals surface area contributed by atoms with Gasteiger partial charge in [0.25, 0.3) is 0 Å². The van der Waals surface area contributed by atoms with Gasteiger partial charge in [0.2, 0.25) is 0 Å². The van der Waals surface area contributed by atoms with Crippen LogP contribution in [0, 0.1) is 13.8 Å². The molecule has 0 unspecified atom stereocenters. The molecule has 2 nitrogen and oxygen atoms in total. The molecule has 210 valence electrons. The van der Waals surface area contributed by atoms with Crippen molar-refractivity contribution in [2.75, 3.05) is 4.57 Å². The monoisotopic (exact) mass is 581 g/mol. The van der Waals surface area contributed by atoms with Crippen molar-refractivity contribution in [3.63, 3.8) is 0 Å². The molecule has 1 aliphatic rings. The fourth-order valence-electron chi connectivity index (χ4n) is 7.03. The Morgan fingerprint density at radius 1 is 0.455 bits per heavy atom. The van der Waals surface area contributed by atoms with E-state index in [1.165, 1.54) is 65.7 Å². The van der Waals surface area contributed by atoms with Crippen molar-refractivity contribution in [1.82, 2.24) is 0 Å². The van der Waals surface area contributed by atoms with Gasteiger partial charge >= 0.3 is 8.40 Å². The van der Waals surface area contributed by atoms with Crippen LogP contribution in [-0.4, -0.2) is 18.9 Å². The van der Waals surface area contributed by atoms with Crippen molar-refractivity contribution in [2.45, 2.75) is 13.8 Å². The molecule has 0 N–H and O–H groups in total. The first kappa shape index (κ1) is 26.4. The van der Waals surface area contributed by atoms with E-state index in [2.05, 4.69) is 187 Å². The number of fused-ring (bicyclic) bond motifs is 6. The van der Waals surface area contributed by atoms with Gasteiger partial charge in [-0.3, -0.25) is 0 Å². The molecule has 7 aromatic rings. The van der Waals surface area contributed by atoms with Crippen LogP contribution in [0.4, 0.5) is 17.1 Å². The summed E-state index contributed by atoms with van der Waals surface area (Å²) >= 11 is 0. The van der Waals surface area contributed by atoms with Gasteiger partial charge in [-0.25, -0.2) is 4.24 Å². The van der Waals surface area contributed by atoms with Crippen molar-refractivity contribution in [3.05, 3.63) is 174 Å². The van der Waals surface area contributed by atoms with E-state index < -0.39 is 8.40 Å². The highest BCUT2D eigenvalue weighted by Crippen LogP contribution is 2.46. The maximum Gasteiger partial charge on any atom is 0.550 e. The lowest BCUT2D eigenvalue weighted by Crippen LogP contribution is -2.76. The zero-order chi connectivity index (χ0) is 29.7. The van der Waals surface area contributed by atoms with Crippen LogP contribution in [0.3, 0.4) is 0 Å². The van der Waals surface area contributed by atoms with Gasteiger partial charge < -0.3 is 4.57 Å². The molecule has 0 bridgehead atoms. The fourth-order valence-corrected chi connectivity index (χ4v) is 11.9. The van der Waals surface area contributed by atoms with Crippen molar-refractivity contribution in [2.24, 2.45) is 0 Å². The molecular weight excluding hydrogens is 549 g/mol. The second-order valence-electron chi connectivity index (χ2n) is 11.8. The molecule has 0 saturated carbocycles. The minimum atomic E-state index is -3.05. The minimum absolute atomic E-state index is 1.19. The quantitative estimate of drug-likeness (QED) is 0.149. The standard InChI is InChI=1S/C41H33N2Si/c1-30-21-25-32(26-22-30)42-29-40-38-19-10-9-17-36(38)37-18-11-12-20-39(37)41(40)43(33-27-23-31(2)24-28-33)44(42,34-13-5-3-6-14-34)35-15-7-4-8-16-35/h3-29H,1-2H3/q+1. The Labute approximate surface area is 260 Å². The van der Waals surface area contributed by atoms with Gasteiger partial charge in [-0.15, -0.1) is 0 Å². The van der Waals surface area contributed by atoms with Crippen LogP contribution < -0.4 is 14.9 Å². The normalized spacial score (nSPS) is 14.0. The molecule has 0 atom stereocenters. The van der Waals surface area contributed by atoms with Crippen molar-refractivity contribution >= 4 is 63.6 Å². The first-order valence-electron chi connectivity index (χ1n) is 15.3. The predicted octanol–water partition coefficient (Wildman–Crippen LogP) is 8.78. The Morgan fingerprint density at radius 3 is 1.48 bits per heavy atom. The molecule has 3 heteroatoms. The molecule has 7 aromatic carbocycles. The van der Waals surface area contributed by atoms with E-state index >= 15 is 0 Å². The van der Waals surface area contributed by atoms with E-state index in [1.54, 1.807) is 0 Å². The summed E-state index contributed by atoms with van der Waals surface area (Å²) in [7, 11) is -3.05. The fraction of sp³-hybridized carbons (Fsp3) is 0.0488. The maximum atomic E-state index is 2.74. The number of nitrogens with zero attached hydrogens (tertiary/aromatic N) is 2. The van der Waals surface area contributed by atoms with Crippen LogP contribution in [0.5, 0.6) is 0 Å². The molecule has 8 rings (SSSR count). The zero-order valence-corrected chi connectivity index (χ0v) is 26.0. The minimum Gasteiger partial charge on any atom is -0.304 e. The molecular formula is C41H33N2Si+. The molecule has 0 saturated heterocycles. The van der Waals surface area contributed by atoms with E-state index in [1.807, 2.05) is 0 Å². The van der Waals surface area contributed by atoms with Crippen LogP contribution >= 0.6 is 0 Å². The van der Waals surface area contributed by atoms with E-state index in [0.717, 1.165) is 0 Å². The molecule has 0 spiro atoms. The summed E-state index contributed by atoms with van der Waals surface area (Å²) in [6, 6.07) is 58.4. The lowest BCUT2D eigenvalue weighted by Gasteiger charge is -2.43. The first-order valence-corrected chi connectivity index (χ1v) is 17.2. The summed E-state index contributed by atoms with van der Waals surface area (Å²) < 4.78 is 5.38. The highest BCUT2D eigenvalue weighted by atomic mass is 28.3. The van der Waals surface area contributed by atoms with Crippen LogP contribution in [0.15, 0.2) is 158 Å². The average molecular weight is 582 g/mol. The van der Waals surface area contributed by atoms with E-state index in [0.29, 0.717) is 0 Å². The third kappa shape index (κ3) is 3.97. The lowest BCUT2D eigenvalue weighted by molar-refractivity contribution is -0.287. The summed E-state index contributed by atoms with van der Waals surface area (Å²) in [5.74, 6) is 0. The van der Waals surface area contributed by atoms with E-state index in [4.69, 9.17) is 0 Å². The van der Waals surface area contributed by atoms with Gasteiger partial charge in [0.15, 0.2) is 11.9 Å². The average Bonchev–Trinajstić information content (AvgIpc) is 3.09. The van der Waals surface area contributed by atoms with Crippen LogP contribution in [0.1, 0.15) is 16.7 Å². The van der Waals surface area contributed by atoms with Crippen LogP contribution in [0.25, 0.3) is 21.5 Å². The van der Waals surface area contributed by atoms with E-state index in [9.17, 15) is 0 Å². The molecule has 0 amide bonds. The molecule has 0 aliphatic carbocycles. The number of aryl methyl sites for hydroxylation is 2. The maximum absolute atomic E-state index is 3.05. The van der Waals surface area contributed by atoms with Crippen LogP contribution in [0.2, 0.25) is 0 Å². The second-order valence-corrected chi connectivity index (χ2v) is 15.2. The number of anilines is 2. The van der Waals surface area contributed by atoms with Gasteiger partial charge in [-0.05, 0) is 42.1 Å². The molecule has 1 aliphatic heterocycles. The summed E-state index contributed by atoms with van der Waals surface area (Å²) in [5.41, 5.74) is 7.41. The molecule has 44 heavy (non-hydrogen) atoms.